The molecule has 0 aliphatic rings. The third kappa shape index (κ3) is 15.1. The predicted octanol–water partition coefficient (Wildman–Crippen LogP) is 4.64. The first-order valence-electron chi connectivity index (χ1n) is 6.93. The van der Waals surface area contributed by atoms with Crippen LogP contribution in [-0.4, -0.2) is 20.5 Å². The van der Waals surface area contributed by atoms with E-state index in [1.54, 1.807) is 7.11 Å². The van der Waals surface area contributed by atoms with Crippen LogP contribution in [0.2, 0.25) is 0 Å². The largest absolute Gasteiger partial charge is 0.359 e. The molecule has 0 saturated heterocycles. The van der Waals surface area contributed by atoms with Gasteiger partial charge in [0, 0.05) is 7.11 Å². The molecule has 2 nitrogen and oxygen atoms in total. The highest BCUT2D eigenvalue weighted by molar-refractivity contribution is 4.92. The van der Waals surface area contributed by atoms with E-state index in [2.05, 4.69) is 43.4 Å². The van der Waals surface area contributed by atoms with Crippen LogP contribution in [0.5, 0.6) is 0 Å². The fourth-order valence-corrected chi connectivity index (χ4v) is 1.44. The number of methoxy groups -OCH3 is 1. The fraction of sp³-hybridized carbons (Fsp3) is 0.625. The lowest BCUT2D eigenvalue weighted by Gasteiger charge is -1.98. The van der Waals surface area contributed by atoms with Crippen LogP contribution in [0.15, 0.2) is 36.5 Å². The SMILES string of the molecule is CC/C=C\C/C=C\CCC/C=C/CCOCOC. The van der Waals surface area contributed by atoms with E-state index < -0.39 is 0 Å². The molecule has 0 rings (SSSR count). The van der Waals surface area contributed by atoms with Gasteiger partial charge in [-0.15, -0.1) is 0 Å². The molecule has 0 aromatic heterocycles. The molecule has 0 bridgehead atoms. The summed E-state index contributed by atoms with van der Waals surface area (Å²) in [5.74, 6) is 0. The summed E-state index contributed by atoms with van der Waals surface area (Å²) in [6, 6.07) is 0. The quantitative estimate of drug-likeness (QED) is 0.286. The monoisotopic (exact) mass is 252 g/mol. The van der Waals surface area contributed by atoms with Crippen molar-refractivity contribution in [1.29, 1.82) is 0 Å². The van der Waals surface area contributed by atoms with Crippen LogP contribution >= 0.6 is 0 Å². The van der Waals surface area contributed by atoms with E-state index in [4.69, 9.17) is 9.47 Å². The Morgan fingerprint density at radius 3 is 2.22 bits per heavy atom. The second-order valence-electron chi connectivity index (χ2n) is 4.09. The van der Waals surface area contributed by atoms with Gasteiger partial charge in [0.15, 0.2) is 0 Å². The van der Waals surface area contributed by atoms with Crippen LogP contribution < -0.4 is 0 Å². The smallest absolute Gasteiger partial charge is 0.146 e. The zero-order valence-corrected chi connectivity index (χ0v) is 11.9. The van der Waals surface area contributed by atoms with Crippen molar-refractivity contribution in [2.75, 3.05) is 20.5 Å². The molecule has 0 radical (unpaired) electrons. The molecule has 18 heavy (non-hydrogen) atoms. The minimum absolute atomic E-state index is 0.394. The molecule has 0 amide bonds. The van der Waals surface area contributed by atoms with Gasteiger partial charge in [-0.3, -0.25) is 0 Å². The Morgan fingerprint density at radius 2 is 1.50 bits per heavy atom. The summed E-state index contributed by atoms with van der Waals surface area (Å²) in [4.78, 5) is 0. The highest BCUT2D eigenvalue weighted by Gasteiger charge is 1.83. The molecular weight excluding hydrogens is 224 g/mol. The Balaban J connectivity index is 3.19. The Bertz CT molecular complexity index is 229. The summed E-state index contributed by atoms with van der Waals surface area (Å²) in [7, 11) is 1.64. The van der Waals surface area contributed by atoms with Crippen LogP contribution in [0.25, 0.3) is 0 Å². The normalized spacial score (nSPS) is 12.3. The molecule has 0 unspecified atom stereocenters. The zero-order valence-electron chi connectivity index (χ0n) is 11.9. The minimum atomic E-state index is 0.394. The fourth-order valence-electron chi connectivity index (χ4n) is 1.44. The van der Waals surface area contributed by atoms with Gasteiger partial charge in [0.2, 0.25) is 0 Å². The number of allylic oxidation sites excluding steroid dienone is 5. The lowest BCUT2D eigenvalue weighted by molar-refractivity contribution is -0.0285. The third-order valence-electron chi connectivity index (χ3n) is 2.38. The van der Waals surface area contributed by atoms with E-state index in [9.17, 15) is 0 Å². The van der Waals surface area contributed by atoms with Crippen molar-refractivity contribution in [1.82, 2.24) is 0 Å². The molecule has 0 aromatic rings. The molecule has 0 heterocycles. The molecule has 0 aliphatic heterocycles. The van der Waals surface area contributed by atoms with Crippen molar-refractivity contribution >= 4 is 0 Å². The molecule has 0 fully saturated rings. The zero-order chi connectivity index (χ0) is 13.3. The predicted molar refractivity (Wildman–Crippen MR) is 78.6 cm³/mol. The van der Waals surface area contributed by atoms with Gasteiger partial charge in [0.25, 0.3) is 0 Å². The summed E-state index contributed by atoms with van der Waals surface area (Å²) >= 11 is 0. The molecule has 0 aliphatic carbocycles. The van der Waals surface area contributed by atoms with Crippen LogP contribution in [0.3, 0.4) is 0 Å². The Morgan fingerprint density at radius 1 is 0.833 bits per heavy atom. The van der Waals surface area contributed by atoms with Gasteiger partial charge in [-0.2, -0.15) is 0 Å². The van der Waals surface area contributed by atoms with Gasteiger partial charge in [0.05, 0.1) is 6.61 Å². The second-order valence-corrected chi connectivity index (χ2v) is 4.09. The van der Waals surface area contributed by atoms with E-state index >= 15 is 0 Å². The molecule has 104 valence electrons. The third-order valence-corrected chi connectivity index (χ3v) is 2.38. The molecule has 0 atom stereocenters. The number of hydrogen-bond acceptors (Lipinski definition) is 2. The van der Waals surface area contributed by atoms with Crippen LogP contribution in [0.1, 0.15) is 45.4 Å². The highest BCUT2D eigenvalue weighted by atomic mass is 16.7. The van der Waals surface area contributed by atoms with Crippen LogP contribution in [0, 0.1) is 0 Å². The van der Waals surface area contributed by atoms with Gasteiger partial charge in [-0.05, 0) is 38.5 Å². The number of rotatable bonds is 12. The average molecular weight is 252 g/mol. The van der Waals surface area contributed by atoms with Crippen molar-refractivity contribution in [3.63, 3.8) is 0 Å². The van der Waals surface area contributed by atoms with Gasteiger partial charge < -0.3 is 9.47 Å². The second kappa shape index (κ2) is 16.1. The first-order chi connectivity index (χ1) is 8.91. The summed E-state index contributed by atoms with van der Waals surface area (Å²) in [5.41, 5.74) is 0. The summed E-state index contributed by atoms with van der Waals surface area (Å²) in [5, 5.41) is 0. The number of hydrogen-bond donors (Lipinski definition) is 0. The van der Waals surface area contributed by atoms with Gasteiger partial charge in [-0.1, -0.05) is 43.4 Å². The number of ether oxygens (including phenoxy) is 2. The van der Waals surface area contributed by atoms with Gasteiger partial charge >= 0.3 is 0 Å². The Labute approximate surface area is 112 Å². The maximum Gasteiger partial charge on any atom is 0.146 e. The van der Waals surface area contributed by atoms with Gasteiger partial charge in [-0.25, -0.2) is 0 Å². The summed E-state index contributed by atoms with van der Waals surface area (Å²) in [6.07, 6.45) is 20.1. The number of unbranched alkanes of at least 4 members (excludes halogenated alkanes) is 2. The van der Waals surface area contributed by atoms with E-state index in [0.29, 0.717) is 6.79 Å². The summed E-state index contributed by atoms with van der Waals surface area (Å²) in [6.45, 7) is 3.30. The van der Waals surface area contributed by atoms with Gasteiger partial charge in [0.1, 0.15) is 6.79 Å². The lowest BCUT2D eigenvalue weighted by atomic mass is 10.2. The Hall–Kier alpha value is -0.860. The van der Waals surface area contributed by atoms with Crippen molar-refractivity contribution in [2.45, 2.75) is 45.4 Å². The first kappa shape index (κ1) is 17.1. The average Bonchev–Trinajstić information content (AvgIpc) is 2.39. The molecule has 0 aromatic carbocycles. The van der Waals surface area contributed by atoms with E-state index in [0.717, 1.165) is 32.3 Å². The van der Waals surface area contributed by atoms with Crippen molar-refractivity contribution in [2.24, 2.45) is 0 Å². The molecule has 0 spiro atoms. The maximum absolute atomic E-state index is 5.18. The minimum Gasteiger partial charge on any atom is -0.359 e. The lowest BCUT2D eigenvalue weighted by Crippen LogP contribution is -1.96. The van der Waals surface area contributed by atoms with Crippen molar-refractivity contribution < 1.29 is 9.47 Å². The van der Waals surface area contributed by atoms with Crippen molar-refractivity contribution in [3.8, 4) is 0 Å². The standard InChI is InChI=1S/C16H28O2/c1-3-4-5-6-7-8-9-10-11-12-13-14-15-18-16-17-2/h4-5,7-8,12-13H,3,6,9-11,14-16H2,1-2H3/b5-4-,8-7-,13-12+. The molecule has 0 saturated carbocycles. The Kier molecular flexibility index (Phi) is 15.4. The van der Waals surface area contributed by atoms with Crippen LogP contribution in [-0.2, 0) is 9.47 Å². The van der Waals surface area contributed by atoms with Crippen LogP contribution in [0.4, 0.5) is 0 Å². The van der Waals surface area contributed by atoms with E-state index in [1.165, 1.54) is 12.8 Å². The summed E-state index contributed by atoms with van der Waals surface area (Å²) < 4.78 is 9.97. The van der Waals surface area contributed by atoms with E-state index in [-0.39, 0.29) is 0 Å². The molecular formula is C16H28O2. The van der Waals surface area contributed by atoms with Crippen molar-refractivity contribution in [3.05, 3.63) is 36.5 Å². The highest BCUT2D eigenvalue weighted by Crippen LogP contribution is 2.00. The molecule has 2 heteroatoms. The van der Waals surface area contributed by atoms with E-state index in [1.807, 2.05) is 0 Å². The maximum atomic E-state index is 5.18. The topological polar surface area (TPSA) is 18.5 Å². The first-order valence-corrected chi connectivity index (χ1v) is 6.93. The molecule has 0 N–H and O–H groups in total.